The van der Waals surface area contributed by atoms with Crippen LogP contribution in [0.15, 0.2) is 35.6 Å². The maximum atomic E-state index is 12.9. The maximum absolute atomic E-state index is 12.9. The van der Waals surface area contributed by atoms with Gasteiger partial charge in [0.25, 0.3) is 0 Å². The first-order valence-corrected chi connectivity index (χ1v) is 4.75. The number of aromatic amines is 1. The molecule has 5 heteroatoms. The summed E-state index contributed by atoms with van der Waals surface area (Å²) in [6.45, 7) is 0.310. The molecule has 2 aromatic rings. The van der Waals surface area contributed by atoms with Crippen molar-refractivity contribution < 1.29 is 4.39 Å². The number of benzene rings is 1. The van der Waals surface area contributed by atoms with Crippen molar-refractivity contribution in [1.29, 1.82) is 0 Å². The Morgan fingerprint density at radius 1 is 1.50 bits per heavy atom. The summed E-state index contributed by atoms with van der Waals surface area (Å²) < 4.78 is 12.9. The molecule has 2 rings (SSSR count). The Kier molecular flexibility index (Phi) is 2.89. The van der Waals surface area contributed by atoms with Crippen LogP contribution < -0.4 is 0 Å². The van der Waals surface area contributed by atoms with Crippen molar-refractivity contribution in [1.82, 2.24) is 4.98 Å². The lowest BCUT2D eigenvalue weighted by Crippen LogP contribution is -1.74. The van der Waals surface area contributed by atoms with Crippen molar-refractivity contribution in [2.24, 2.45) is 5.11 Å². The fourth-order valence-corrected chi connectivity index (χ4v) is 1.52. The number of hydrogen-bond acceptors (Lipinski definition) is 1. The molecule has 0 atom stereocenters. The molecule has 1 aromatic carbocycles. The van der Waals surface area contributed by atoms with E-state index in [0.29, 0.717) is 6.54 Å². The Hall–Kier alpha value is -2.26. The molecule has 0 saturated heterocycles. The van der Waals surface area contributed by atoms with E-state index in [1.807, 2.05) is 6.08 Å². The van der Waals surface area contributed by atoms with Crippen molar-refractivity contribution >= 4 is 17.0 Å². The minimum absolute atomic E-state index is 0.265. The molecule has 1 heterocycles. The van der Waals surface area contributed by atoms with Crippen LogP contribution in [-0.4, -0.2) is 11.5 Å². The number of halogens is 1. The fourth-order valence-electron chi connectivity index (χ4n) is 1.52. The molecule has 0 unspecified atom stereocenters. The van der Waals surface area contributed by atoms with E-state index in [0.717, 1.165) is 16.5 Å². The third kappa shape index (κ3) is 2.04. The number of nitrogens with zero attached hydrogens (tertiary/aromatic N) is 3. The SMILES string of the molecule is [N-]=[N+]=NCC=Cc1c[nH]c2cc(F)ccc12. The molecule has 80 valence electrons. The Bertz CT molecular complexity index is 579. The first-order valence-electron chi connectivity index (χ1n) is 4.75. The van der Waals surface area contributed by atoms with E-state index in [2.05, 4.69) is 15.0 Å². The molecule has 0 saturated carbocycles. The van der Waals surface area contributed by atoms with E-state index in [1.54, 1.807) is 18.3 Å². The van der Waals surface area contributed by atoms with Gasteiger partial charge in [-0.1, -0.05) is 17.3 Å². The molecular weight excluding hydrogens is 207 g/mol. The van der Waals surface area contributed by atoms with Crippen LogP contribution in [0.5, 0.6) is 0 Å². The quantitative estimate of drug-likeness (QED) is 0.462. The van der Waals surface area contributed by atoms with Gasteiger partial charge in [0.15, 0.2) is 0 Å². The van der Waals surface area contributed by atoms with Gasteiger partial charge in [-0.2, -0.15) is 0 Å². The summed E-state index contributed by atoms with van der Waals surface area (Å²) in [5, 5.41) is 4.33. The number of rotatable bonds is 3. The van der Waals surface area contributed by atoms with E-state index in [9.17, 15) is 4.39 Å². The van der Waals surface area contributed by atoms with Crippen LogP contribution in [0.2, 0.25) is 0 Å². The second-order valence-electron chi connectivity index (χ2n) is 3.25. The number of aromatic nitrogens is 1. The summed E-state index contributed by atoms with van der Waals surface area (Å²) in [6.07, 6.45) is 5.38. The summed E-state index contributed by atoms with van der Waals surface area (Å²) >= 11 is 0. The van der Waals surface area contributed by atoms with E-state index < -0.39 is 0 Å². The molecule has 1 aromatic heterocycles. The zero-order valence-electron chi connectivity index (χ0n) is 8.39. The van der Waals surface area contributed by atoms with Crippen LogP contribution in [-0.2, 0) is 0 Å². The van der Waals surface area contributed by atoms with Crippen LogP contribution >= 0.6 is 0 Å². The first-order chi connectivity index (χ1) is 7.81. The van der Waals surface area contributed by atoms with Gasteiger partial charge in [0, 0.05) is 28.6 Å². The van der Waals surface area contributed by atoms with Crippen molar-refractivity contribution in [3.05, 3.63) is 52.3 Å². The van der Waals surface area contributed by atoms with Gasteiger partial charge in [0.1, 0.15) is 5.82 Å². The zero-order chi connectivity index (χ0) is 11.4. The highest BCUT2D eigenvalue weighted by molar-refractivity contribution is 5.88. The van der Waals surface area contributed by atoms with Crippen LogP contribution in [0.4, 0.5) is 4.39 Å². The number of nitrogens with one attached hydrogen (secondary N) is 1. The standard InChI is InChI=1S/C11H9FN4/c12-9-3-4-10-8(2-1-5-15-16-13)7-14-11(10)6-9/h1-4,6-7,14H,5H2. The first kappa shape index (κ1) is 10.3. The second kappa shape index (κ2) is 4.51. The van der Waals surface area contributed by atoms with Gasteiger partial charge in [-0.15, -0.1) is 0 Å². The van der Waals surface area contributed by atoms with Crippen molar-refractivity contribution in [2.75, 3.05) is 6.54 Å². The molecular formula is C11H9FN4. The van der Waals surface area contributed by atoms with Crippen molar-refractivity contribution in [3.63, 3.8) is 0 Å². The van der Waals surface area contributed by atoms with Gasteiger partial charge in [0.05, 0.1) is 0 Å². The Balaban J connectivity index is 2.31. The summed E-state index contributed by atoms with van der Waals surface area (Å²) in [7, 11) is 0. The highest BCUT2D eigenvalue weighted by Gasteiger charge is 2.00. The monoisotopic (exact) mass is 216 g/mol. The van der Waals surface area contributed by atoms with Gasteiger partial charge in [-0.05, 0) is 29.3 Å². The largest absolute Gasteiger partial charge is 0.360 e. The Labute approximate surface area is 91.0 Å². The predicted octanol–water partition coefficient (Wildman–Crippen LogP) is 3.63. The molecule has 0 radical (unpaired) electrons. The molecule has 0 aliphatic carbocycles. The van der Waals surface area contributed by atoms with Crippen LogP contribution in [0.1, 0.15) is 5.56 Å². The normalized spacial score (nSPS) is 10.8. The number of hydrogen-bond donors (Lipinski definition) is 1. The van der Waals surface area contributed by atoms with Gasteiger partial charge in [-0.25, -0.2) is 4.39 Å². The Morgan fingerprint density at radius 2 is 2.38 bits per heavy atom. The summed E-state index contributed by atoms with van der Waals surface area (Å²) in [5.41, 5.74) is 9.80. The third-order valence-electron chi connectivity index (χ3n) is 2.22. The average molecular weight is 216 g/mol. The molecule has 0 aliphatic rings. The van der Waals surface area contributed by atoms with Crippen LogP contribution in [0.25, 0.3) is 27.4 Å². The fraction of sp³-hybridized carbons (Fsp3) is 0.0909. The van der Waals surface area contributed by atoms with Crippen LogP contribution in [0.3, 0.4) is 0 Å². The van der Waals surface area contributed by atoms with E-state index in [-0.39, 0.29) is 5.82 Å². The average Bonchev–Trinajstić information content (AvgIpc) is 2.67. The number of azide groups is 1. The van der Waals surface area contributed by atoms with Crippen molar-refractivity contribution in [3.8, 4) is 0 Å². The summed E-state index contributed by atoms with van der Waals surface area (Å²) in [4.78, 5) is 5.62. The molecule has 1 N–H and O–H groups in total. The molecule has 0 fully saturated rings. The van der Waals surface area contributed by atoms with Gasteiger partial charge in [-0.3, -0.25) is 0 Å². The number of H-pyrrole nitrogens is 1. The molecule has 0 bridgehead atoms. The lowest BCUT2D eigenvalue weighted by molar-refractivity contribution is 0.629. The topological polar surface area (TPSA) is 64.6 Å². The third-order valence-corrected chi connectivity index (χ3v) is 2.22. The van der Waals surface area contributed by atoms with Crippen molar-refractivity contribution in [2.45, 2.75) is 0 Å². The summed E-state index contributed by atoms with van der Waals surface area (Å²) in [5.74, 6) is -0.265. The predicted molar refractivity (Wildman–Crippen MR) is 61.3 cm³/mol. The second-order valence-corrected chi connectivity index (χ2v) is 3.25. The molecule has 4 nitrogen and oxygen atoms in total. The van der Waals surface area contributed by atoms with Crippen LogP contribution in [0, 0.1) is 5.82 Å². The van der Waals surface area contributed by atoms with E-state index in [1.165, 1.54) is 12.1 Å². The maximum Gasteiger partial charge on any atom is 0.125 e. The minimum Gasteiger partial charge on any atom is -0.360 e. The highest BCUT2D eigenvalue weighted by atomic mass is 19.1. The zero-order valence-corrected chi connectivity index (χ0v) is 8.39. The van der Waals surface area contributed by atoms with Gasteiger partial charge >= 0.3 is 0 Å². The molecule has 0 spiro atoms. The number of fused-ring (bicyclic) bond motifs is 1. The molecule has 0 amide bonds. The molecule has 0 aliphatic heterocycles. The Morgan fingerprint density at radius 3 is 3.19 bits per heavy atom. The summed E-state index contributed by atoms with van der Waals surface area (Å²) in [6, 6.07) is 4.58. The van der Waals surface area contributed by atoms with E-state index in [4.69, 9.17) is 5.53 Å². The lowest BCUT2D eigenvalue weighted by atomic mass is 10.1. The lowest BCUT2D eigenvalue weighted by Gasteiger charge is -1.91. The van der Waals surface area contributed by atoms with Gasteiger partial charge < -0.3 is 4.98 Å². The van der Waals surface area contributed by atoms with Gasteiger partial charge in [0.2, 0.25) is 0 Å². The molecule has 16 heavy (non-hydrogen) atoms. The van der Waals surface area contributed by atoms with E-state index >= 15 is 0 Å². The minimum atomic E-state index is -0.265. The smallest absolute Gasteiger partial charge is 0.125 e. The highest BCUT2D eigenvalue weighted by Crippen LogP contribution is 2.20.